The number of morpholine rings is 1. The molecule has 150 valence electrons. The lowest BCUT2D eigenvalue weighted by Crippen LogP contribution is -2.48. The Morgan fingerprint density at radius 1 is 1.07 bits per heavy atom. The van der Waals surface area contributed by atoms with Gasteiger partial charge in [-0.2, -0.15) is 4.31 Å². The van der Waals surface area contributed by atoms with Gasteiger partial charge in [-0.1, -0.05) is 19.3 Å². The summed E-state index contributed by atoms with van der Waals surface area (Å²) in [7, 11) is -3.58. The van der Waals surface area contributed by atoms with Gasteiger partial charge in [-0.05, 0) is 56.9 Å². The van der Waals surface area contributed by atoms with E-state index < -0.39 is 10.0 Å². The molecule has 2 aliphatic rings. The minimum Gasteiger partial charge on any atom is -0.373 e. The van der Waals surface area contributed by atoms with Crippen LogP contribution in [0, 0.1) is 5.92 Å². The summed E-state index contributed by atoms with van der Waals surface area (Å²) in [5, 5.41) is 2.99. The van der Waals surface area contributed by atoms with Crippen LogP contribution in [0.1, 0.15) is 56.3 Å². The average Bonchev–Trinajstić information content (AvgIpc) is 2.66. The number of ether oxygens (including phenoxy) is 1. The molecule has 6 nitrogen and oxygen atoms in total. The van der Waals surface area contributed by atoms with E-state index >= 15 is 0 Å². The minimum atomic E-state index is -3.58. The van der Waals surface area contributed by atoms with Gasteiger partial charge in [-0.3, -0.25) is 4.79 Å². The number of carbonyl (C=O) groups excluding carboxylic acids is 1. The maximum absolute atomic E-state index is 12.9. The number of amides is 1. The molecule has 0 bridgehead atoms. The maximum atomic E-state index is 12.9. The van der Waals surface area contributed by atoms with E-state index in [-0.39, 0.29) is 23.0 Å². The number of nitrogens with zero attached hydrogens (tertiary/aromatic N) is 1. The molecule has 1 saturated carbocycles. The summed E-state index contributed by atoms with van der Waals surface area (Å²) in [5.41, 5.74) is 0.494. The summed E-state index contributed by atoms with van der Waals surface area (Å²) < 4.78 is 32.8. The Kier molecular flexibility index (Phi) is 6.55. The van der Waals surface area contributed by atoms with E-state index in [0.717, 1.165) is 0 Å². The zero-order valence-corrected chi connectivity index (χ0v) is 17.0. The molecule has 1 saturated heterocycles. The monoisotopic (exact) mass is 394 g/mol. The Morgan fingerprint density at radius 2 is 1.67 bits per heavy atom. The van der Waals surface area contributed by atoms with Crippen molar-refractivity contribution in [3.63, 3.8) is 0 Å². The quantitative estimate of drug-likeness (QED) is 0.833. The molecule has 0 aromatic heterocycles. The van der Waals surface area contributed by atoms with Crippen LogP contribution in [0.5, 0.6) is 0 Å². The van der Waals surface area contributed by atoms with Crippen LogP contribution in [0.3, 0.4) is 0 Å². The van der Waals surface area contributed by atoms with Crippen LogP contribution in [0.2, 0.25) is 0 Å². The molecule has 1 aliphatic carbocycles. The van der Waals surface area contributed by atoms with E-state index in [4.69, 9.17) is 4.74 Å². The van der Waals surface area contributed by atoms with Crippen molar-refractivity contribution in [1.82, 2.24) is 9.62 Å². The van der Waals surface area contributed by atoms with Crippen molar-refractivity contribution in [1.29, 1.82) is 0 Å². The third-order valence-electron chi connectivity index (χ3n) is 5.42. The first-order valence-corrected chi connectivity index (χ1v) is 11.3. The molecule has 3 rings (SSSR count). The average molecular weight is 395 g/mol. The number of carbonyl (C=O) groups is 1. The Hall–Kier alpha value is -1.44. The lowest BCUT2D eigenvalue weighted by atomic mass is 9.89. The standard InChI is InChI=1S/C20H30N2O4S/c1-15-13-22(14-16(2)26-15)27(24,25)19-10-8-18(9-11-19)20(23)21-12-17-6-4-3-5-7-17/h8-11,15-17H,3-7,12-14H2,1-2H3,(H,21,23). The Balaban J connectivity index is 1.62. The second-order valence-corrected chi connectivity index (χ2v) is 9.76. The molecule has 2 atom stereocenters. The van der Waals surface area contributed by atoms with Crippen LogP contribution < -0.4 is 5.32 Å². The van der Waals surface area contributed by atoms with Crippen LogP contribution in [0.25, 0.3) is 0 Å². The summed E-state index contributed by atoms with van der Waals surface area (Å²) in [6, 6.07) is 6.23. The zero-order chi connectivity index (χ0) is 19.4. The van der Waals surface area contributed by atoms with E-state index in [1.165, 1.54) is 48.5 Å². The summed E-state index contributed by atoms with van der Waals surface area (Å²) in [5.74, 6) is 0.422. The predicted molar refractivity (Wildman–Crippen MR) is 104 cm³/mol. The van der Waals surface area contributed by atoms with Gasteiger partial charge in [0, 0.05) is 25.2 Å². The van der Waals surface area contributed by atoms with E-state index in [2.05, 4.69) is 5.32 Å². The lowest BCUT2D eigenvalue weighted by molar-refractivity contribution is -0.0440. The van der Waals surface area contributed by atoms with Crippen molar-refractivity contribution < 1.29 is 17.9 Å². The Bertz CT molecular complexity index is 732. The Labute approximate surface area is 162 Å². The van der Waals surface area contributed by atoms with Gasteiger partial charge in [0.05, 0.1) is 17.1 Å². The Morgan fingerprint density at radius 3 is 2.26 bits per heavy atom. The van der Waals surface area contributed by atoms with Gasteiger partial charge in [-0.15, -0.1) is 0 Å². The number of sulfonamides is 1. The lowest BCUT2D eigenvalue weighted by Gasteiger charge is -2.34. The molecule has 1 N–H and O–H groups in total. The van der Waals surface area contributed by atoms with Crippen LogP contribution >= 0.6 is 0 Å². The van der Waals surface area contributed by atoms with Gasteiger partial charge in [0.2, 0.25) is 10.0 Å². The van der Waals surface area contributed by atoms with Crippen molar-refractivity contribution in [2.45, 2.75) is 63.1 Å². The van der Waals surface area contributed by atoms with Crippen LogP contribution in [0.4, 0.5) is 0 Å². The molecule has 1 aliphatic heterocycles. The van der Waals surface area contributed by atoms with Gasteiger partial charge in [0.15, 0.2) is 0 Å². The first kappa shape index (κ1) is 20.3. The summed E-state index contributed by atoms with van der Waals surface area (Å²) in [6.45, 7) is 5.13. The molecule has 2 fully saturated rings. The molecule has 1 amide bonds. The maximum Gasteiger partial charge on any atom is 0.251 e. The molecule has 2 unspecified atom stereocenters. The molecule has 7 heteroatoms. The normalized spacial score (nSPS) is 25.3. The minimum absolute atomic E-state index is 0.131. The highest BCUT2D eigenvalue weighted by Gasteiger charge is 2.32. The molecular weight excluding hydrogens is 364 g/mol. The van der Waals surface area contributed by atoms with E-state index in [0.29, 0.717) is 31.1 Å². The molecule has 1 heterocycles. The predicted octanol–water partition coefficient (Wildman–Crippen LogP) is 2.79. The van der Waals surface area contributed by atoms with E-state index in [9.17, 15) is 13.2 Å². The first-order chi connectivity index (χ1) is 12.9. The fourth-order valence-electron chi connectivity index (χ4n) is 3.98. The van der Waals surface area contributed by atoms with E-state index in [1.807, 2.05) is 13.8 Å². The number of nitrogens with one attached hydrogen (secondary N) is 1. The SMILES string of the molecule is CC1CN(S(=O)(=O)c2ccc(C(=O)NCC3CCCCC3)cc2)CC(C)O1. The van der Waals surface area contributed by atoms with Crippen molar-refractivity contribution >= 4 is 15.9 Å². The topological polar surface area (TPSA) is 75.7 Å². The number of hydrogen-bond donors (Lipinski definition) is 1. The van der Waals surface area contributed by atoms with E-state index in [1.54, 1.807) is 12.1 Å². The summed E-state index contributed by atoms with van der Waals surface area (Å²) in [4.78, 5) is 12.6. The highest BCUT2D eigenvalue weighted by Crippen LogP contribution is 2.23. The second-order valence-electron chi connectivity index (χ2n) is 7.82. The van der Waals surface area contributed by atoms with Crippen molar-refractivity contribution in [3.8, 4) is 0 Å². The molecule has 0 spiro atoms. The fourth-order valence-corrected chi connectivity index (χ4v) is 5.58. The number of rotatable bonds is 5. The zero-order valence-electron chi connectivity index (χ0n) is 16.2. The second kappa shape index (κ2) is 8.71. The van der Waals surface area contributed by atoms with Crippen molar-refractivity contribution in [2.75, 3.05) is 19.6 Å². The smallest absolute Gasteiger partial charge is 0.251 e. The van der Waals surface area contributed by atoms with Crippen molar-refractivity contribution in [2.24, 2.45) is 5.92 Å². The largest absolute Gasteiger partial charge is 0.373 e. The molecule has 27 heavy (non-hydrogen) atoms. The first-order valence-electron chi connectivity index (χ1n) is 9.90. The highest BCUT2D eigenvalue weighted by atomic mass is 32.2. The van der Waals surface area contributed by atoms with Crippen LogP contribution in [0.15, 0.2) is 29.2 Å². The molecule has 1 aromatic rings. The van der Waals surface area contributed by atoms with Gasteiger partial charge in [0.1, 0.15) is 0 Å². The summed E-state index contributed by atoms with van der Waals surface area (Å²) in [6.07, 6.45) is 5.86. The van der Waals surface area contributed by atoms with Gasteiger partial charge < -0.3 is 10.1 Å². The highest BCUT2D eigenvalue weighted by molar-refractivity contribution is 7.89. The number of hydrogen-bond acceptors (Lipinski definition) is 4. The third-order valence-corrected chi connectivity index (χ3v) is 7.26. The summed E-state index contributed by atoms with van der Waals surface area (Å²) >= 11 is 0. The van der Waals surface area contributed by atoms with Crippen LogP contribution in [-0.2, 0) is 14.8 Å². The van der Waals surface area contributed by atoms with Gasteiger partial charge in [0.25, 0.3) is 5.91 Å². The molecule has 0 radical (unpaired) electrons. The molecular formula is C20H30N2O4S. The van der Waals surface area contributed by atoms with Gasteiger partial charge >= 0.3 is 0 Å². The molecule has 1 aromatic carbocycles. The third kappa shape index (κ3) is 5.09. The fraction of sp³-hybridized carbons (Fsp3) is 0.650. The van der Waals surface area contributed by atoms with Gasteiger partial charge in [-0.25, -0.2) is 8.42 Å². The number of benzene rings is 1. The van der Waals surface area contributed by atoms with Crippen molar-refractivity contribution in [3.05, 3.63) is 29.8 Å². The van der Waals surface area contributed by atoms with Crippen LogP contribution in [-0.4, -0.2) is 50.5 Å².